The highest BCUT2D eigenvalue weighted by molar-refractivity contribution is 9.10. The molecule has 0 aliphatic carbocycles. The molecule has 0 fully saturated rings. The van der Waals surface area contributed by atoms with Crippen molar-refractivity contribution >= 4 is 56.5 Å². The second kappa shape index (κ2) is 5.44. The molecule has 0 saturated carbocycles. The quantitative estimate of drug-likeness (QED) is 0.715. The van der Waals surface area contributed by atoms with Gasteiger partial charge in [0.25, 0.3) is 11.7 Å². The molecule has 0 N–H and O–H groups in total. The van der Waals surface area contributed by atoms with Gasteiger partial charge in [0.05, 0.1) is 17.8 Å². The zero-order chi connectivity index (χ0) is 15.1. The molecule has 0 radical (unpaired) electrons. The number of ketones is 1. The summed E-state index contributed by atoms with van der Waals surface area (Å²) >= 11 is 15.5. The van der Waals surface area contributed by atoms with E-state index in [9.17, 15) is 9.59 Å². The number of carbonyl (C=O) groups excluding carboxylic acids is 2. The average Bonchev–Trinajstić information content (AvgIpc) is 2.66. The molecule has 0 saturated heterocycles. The number of hydrogen-bond acceptors (Lipinski definition) is 2. The number of halogens is 3. The fourth-order valence-corrected chi connectivity index (χ4v) is 3.14. The van der Waals surface area contributed by atoms with Crippen LogP contribution in [-0.4, -0.2) is 11.7 Å². The zero-order valence-electron chi connectivity index (χ0n) is 10.6. The molecule has 0 atom stereocenters. The molecular formula is C15H8BrCl2NO2. The van der Waals surface area contributed by atoms with Gasteiger partial charge in [-0.2, -0.15) is 0 Å². The predicted molar refractivity (Wildman–Crippen MR) is 86.1 cm³/mol. The Balaban J connectivity index is 2.02. The van der Waals surface area contributed by atoms with Crippen molar-refractivity contribution in [3.63, 3.8) is 0 Å². The highest BCUT2D eigenvalue weighted by Crippen LogP contribution is 2.34. The van der Waals surface area contributed by atoms with E-state index in [0.29, 0.717) is 21.3 Å². The van der Waals surface area contributed by atoms with Crippen molar-refractivity contribution in [2.24, 2.45) is 0 Å². The number of fused-ring (bicyclic) bond motifs is 1. The smallest absolute Gasteiger partial charge is 0.299 e. The fraction of sp³-hybridized carbons (Fsp3) is 0.0667. The monoisotopic (exact) mass is 383 g/mol. The molecule has 1 aliphatic heterocycles. The van der Waals surface area contributed by atoms with Crippen LogP contribution in [0.5, 0.6) is 0 Å². The number of rotatable bonds is 2. The SMILES string of the molecule is O=C1C(=O)N(Cc2ccc(Br)cc2Cl)c2cc(Cl)ccc21. The van der Waals surface area contributed by atoms with Crippen LogP contribution in [0, 0.1) is 0 Å². The van der Waals surface area contributed by atoms with E-state index in [-0.39, 0.29) is 6.54 Å². The van der Waals surface area contributed by atoms with Gasteiger partial charge in [-0.3, -0.25) is 9.59 Å². The maximum atomic E-state index is 12.1. The second-order valence-electron chi connectivity index (χ2n) is 4.62. The molecule has 0 unspecified atom stereocenters. The number of amides is 1. The molecule has 106 valence electrons. The first-order chi connectivity index (χ1) is 9.97. The minimum absolute atomic E-state index is 0.226. The minimum atomic E-state index is -0.564. The van der Waals surface area contributed by atoms with Gasteiger partial charge >= 0.3 is 0 Å². The van der Waals surface area contributed by atoms with Crippen LogP contribution >= 0.6 is 39.1 Å². The van der Waals surface area contributed by atoms with Gasteiger partial charge in [-0.1, -0.05) is 45.2 Å². The van der Waals surface area contributed by atoms with E-state index >= 15 is 0 Å². The van der Waals surface area contributed by atoms with Crippen molar-refractivity contribution in [1.29, 1.82) is 0 Å². The van der Waals surface area contributed by atoms with E-state index in [1.807, 2.05) is 12.1 Å². The number of nitrogens with zero attached hydrogens (tertiary/aromatic N) is 1. The van der Waals surface area contributed by atoms with Crippen molar-refractivity contribution in [3.8, 4) is 0 Å². The van der Waals surface area contributed by atoms with Gasteiger partial charge in [0, 0.05) is 14.5 Å². The van der Waals surface area contributed by atoms with Crippen molar-refractivity contribution in [3.05, 3.63) is 62.0 Å². The number of benzene rings is 2. The molecule has 2 aromatic carbocycles. The van der Waals surface area contributed by atoms with Gasteiger partial charge in [-0.25, -0.2) is 0 Å². The first kappa shape index (κ1) is 14.6. The Bertz CT molecular complexity index is 776. The summed E-state index contributed by atoms with van der Waals surface area (Å²) in [5.74, 6) is -1.08. The zero-order valence-corrected chi connectivity index (χ0v) is 13.7. The van der Waals surface area contributed by atoms with Crippen LogP contribution in [0.2, 0.25) is 10.0 Å². The maximum absolute atomic E-state index is 12.1. The highest BCUT2D eigenvalue weighted by atomic mass is 79.9. The lowest BCUT2D eigenvalue weighted by Gasteiger charge is -2.17. The third-order valence-electron chi connectivity index (χ3n) is 3.28. The van der Waals surface area contributed by atoms with Crippen molar-refractivity contribution in [2.45, 2.75) is 6.54 Å². The van der Waals surface area contributed by atoms with Gasteiger partial charge in [-0.05, 0) is 35.9 Å². The minimum Gasteiger partial charge on any atom is -0.300 e. The lowest BCUT2D eigenvalue weighted by molar-refractivity contribution is -0.114. The van der Waals surface area contributed by atoms with Crippen LogP contribution in [0.4, 0.5) is 5.69 Å². The molecule has 2 aromatic rings. The maximum Gasteiger partial charge on any atom is 0.299 e. The van der Waals surface area contributed by atoms with Gasteiger partial charge in [0.15, 0.2) is 0 Å². The molecule has 3 nitrogen and oxygen atoms in total. The molecule has 0 bridgehead atoms. The standard InChI is InChI=1S/C15H8BrCl2NO2/c16-9-2-1-8(12(18)5-9)7-19-13-6-10(17)3-4-11(13)14(20)15(19)21/h1-6H,7H2. The molecule has 0 aromatic heterocycles. The Kier molecular flexibility index (Phi) is 3.78. The Morgan fingerprint density at radius 3 is 2.52 bits per heavy atom. The van der Waals surface area contributed by atoms with E-state index in [0.717, 1.165) is 10.0 Å². The lowest BCUT2D eigenvalue weighted by atomic mass is 10.1. The summed E-state index contributed by atoms with van der Waals surface area (Å²) in [7, 11) is 0. The summed E-state index contributed by atoms with van der Waals surface area (Å²) in [6.45, 7) is 0.226. The summed E-state index contributed by atoms with van der Waals surface area (Å²) < 4.78 is 0.850. The summed E-state index contributed by atoms with van der Waals surface area (Å²) in [4.78, 5) is 25.5. The van der Waals surface area contributed by atoms with Gasteiger partial charge in [0.1, 0.15) is 0 Å². The van der Waals surface area contributed by atoms with Crippen molar-refractivity contribution in [1.82, 2.24) is 0 Å². The Labute approximate surface area is 139 Å². The molecule has 0 spiro atoms. The predicted octanol–water partition coefficient (Wildman–Crippen LogP) is 4.49. The van der Waals surface area contributed by atoms with E-state index in [1.165, 1.54) is 4.90 Å². The number of anilines is 1. The third kappa shape index (κ3) is 2.59. The normalized spacial score (nSPS) is 13.8. The first-order valence-electron chi connectivity index (χ1n) is 6.07. The van der Waals surface area contributed by atoms with Gasteiger partial charge < -0.3 is 4.90 Å². The fourth-order valence-electron chi connectivity index (χ4n) is 2.24. The second-order valence-corrected chi connectivity index (χ2v) is 6.38. The molecule has 3 rings (SSSR count). The van der Waals surface area contributed by atoms with Gasteiger partial charge in [-0.15, -0.1) is 0 Å². The van der Waals surface area contributed by atoms with Gasteiger partial charge in [0.2, 0.25) is 0 Å². The first-order valence-corrected chi connectivity index (χ1v) is 7.62. The molecule has 6 heteroatoms. The number of hydrogen-bond donors (Lipinski definition) is 0. The topological polar surface area (TPSA) is 37.4 Å². The number of Topliss-reactive ketones (excluding diaryl/α,β-unsaturated/α-hetero) is 1. The molecule has 1 aliphatic rings. The number of carbonyl (C=O) groups is 2. The molecule has 1 heterocycles. The van der Waals surface area contributed by atoms with Crippen LogP contribution in [-0.2, 0) is 11.3 Å². The van der Waals surface area contributed by atoms with E-state index < -0.39 is 11.7 Å². The third-order valence-corrected chi connectivity index (χ3v) is 4.36. The molecule has 21 heavy (non-hydrogen) atoms. The Morgan fingerprint density at radius 1 is 1.05 bits per heavy atom. The Hall–Kier alpha value is -1.36. The summed E-state index contributed by atoms with van der Waals surface area (Å²) in [5, 5.41) is 1.00. The van der Waals surface area contributed by atoms with E-state index in [2.05, 4.69) is 15.9 Å². The summed E-state index contributed by atoms with van der Waals surface area (Å²) in [6, 6.07) is 10.2. The summed E-state index contributed by atoms with van der Waals surface area (Å²) in [6.07, 6.45) is 0. The van der Waals surface area contributed by atoms with Crippen LogP contribution in [0.15, 0.2) is 40.9 Å². The van der Waals surface area contributed by atoms with Crippen LogP contribution < -0.4 is 4.90 Å². The summed E-state index contributed by atoms with van der Waals surface area (Å²) in [5.41, 5.74) is 1.66. The molecular weight excluding hydrogens is 377 g/mol. The van der Waals surface area contributed by atoms with Crippen LogP contribution in [0.1, 0.15) is 15.9 Å². The van der Waals surface area contributed by atoms with E-state index in [4.69, 9.17) is 23.2 Å². The van der Waals surface area contributed by atoms with Crippen molar-refractivity contribution < 1.29 is 9.59 Å². The van der Waals surface area contributed by atoms with Crippen LogP contribution in [0.3, 0.4) is 0 Å². The van der Waals surface area contributed by atoms with Crippen molar-refractivity contribution in [2.75, 3.05) is 4.90 Å². The highest BCUT2D eigenvalue weighted by Gasteiger charge is 2.36. The lowest BCUT2D eigenvalue weighted by Crippen LogP contribution is -2.29. The average molecular weight is 385 g/mol. The van der Waals surface area contributed by atoms with E-state index in [1.54, 1.807) is 24.3 Å². The molecule has 1 amide bonds. The Morgan fingerprint density at radius 2 is 1.81 bits per heavy atom. The largest absolute Gasteiger partial charge is 0.300 e. The van der Waals surface area contributed by atoms with Crippen LogP contribution in [0.25, 0.3) is 0 Å².